The number of hydrogen-bond acceptors (Lipinski definition) is 4. The van der Waals surface area contributed by atoms with Crippen molar-refractivity contribution in [2.75, 3.05) is 11.9 Å². The Morgan fingerprint density at radius 2 is 2.05 bits per heavy atom. The number of aromatic nitrogens is 2. The Bertz CT molecular complexity index is 483. The standard InChI is InChI=1S/C15H24N4S/c1-3-11-12(4-2)18-19-15(13(11)14(16)20)17-9-5-6-10-7-8-10/h10H,3-9H2,1-2H3,(H2,16,20)(H,17,19). The number of hydrogen-bond donors (Lipinski definition) is 2. The third-order valence-corrected chi connectivity index (χ3v) is 4.08. The van der Waals surface area contributed by atoms with E-state index in [0.29, 0.717) is 4.99 Å². The molecule has 0 bridgehead atoms. The first kappa shape index (κ1) is 15.2. The van der Waals surface area contributed by atoms with Crippen LogP contribution in [-0.2, 0) is 12.8 Å². The molecule has 0 saturated heterocycles. The summed E-state index contributed by atoms with van der Waals surface area (Å²) in [5.74, 6) is 1.72. The third kappa shape index (κ3) is 3.66. The van der Waals surface area contributed by atoms with Crippen LogP contribution in [0.5, 0.6) is 0 Å². The zero-order chi connectivity index (χ0) is 14.5. The van der Waals surface area contributed by atoms with E-state index in [1.54, 1.807) is 0 Å². The van der Waals surface area contributed by atoms with Gasteiger partial charge in [0.05, 0.1) is 11.3 Å². The van der Waals surface area contributed by atoms with Crippen molar-refractivity contribution in [2.45, 2.75) is 52.4 Å². The van der Waals surface area contributed by atoms with Gasteiger partial charge in [-0.1, -0.05) is 38.9 Å². The molecule has 0 unspecified atom stereocenters. The van der Waals surface area contributed by atoms with Crippen molar-refractivity contribution in [2.24, 2.45) is 11.7 Å². The zero-order valence-electron chi connectivity index (χ0n) is 12.4. The van der Waals surface area contributed by atoms with Crippen LogP contribution in [0.1, 0.15) is 56.4 Å². The molecule has 110 valence electrons. The molecular formula is C15H24N4S. The summed E-state index contributed by atoms with van der Waals surface area (Å²) in [6.07, 6.45) is 7.01. The van der Waals surface area contributed by atoms with Gasteiger partial charge in [-0.15, -0.1) is 5.10 Å². The second-order valence-corrected chi connectivity index (χ2v) is 5.87. The molecule has 0 amide bonds. The van der Waals surface area contributed by atoms with Crippen molar-refractivity contribution in [1.82, 2.24) is 10.2 Å². The second-order valence-electron chi connectivity index (χ2n) is 5.43. The van der Waals surface area contributed by atoms with E-state index in [-0.39, 0.29) is 0 Å². The van der Waals surface area contributed by atoms with Crippen molar-refractivity contribution in [3.05, 3.63) is 16.8 Å². The number of thiocarbonyl (C=S) groups is 1. The maximum absolute atomic E-state index is 5.90. The maximum atomic E-state index is 5.90. The van der Waals surface area contributed by atoms with E-state index in [4.69, 9.17) is 18.0 Å². The minimum Gasteiger partial charge on any atom is -0.389 e. The van der Waals surface area contributed by atoms with Crippen LogP contribution in [0, 0.1) is 5.92 Å². The molecule has 0 aromatic carbocycles. The minimum atomic E-state index is 0.413. The lowest BCUT2D eigenvalue weighted by molar-refractivity contribution is 0.685. The Labute approximate surface area is 126 Å². The first-order valence-corrected chi connectivity index (χ1v) is 8.00. The van der Waals surface area contributed by atoms with Crippen LogP contribution in [0.15, 0.2) is 0 Å². The molecular weight excluding hydrogens is 268 g/mol. The fraction of sp³-hybridized carbons (Fsp3) is 0.667. The van der Waals surface area contributed by atoms with Crippen LogP contribution in [0.4, 0.5) is 5.82 Å². The van der Waals surface area contributed by atoms with Gasteiger partial charge in [0, 0.05) is 6.54 Å². The van der Waals surface area contributed by atoms with E-state index in [0.717, 1.165) is 47.9 Å². The highest BCUT2D eigenvalue weighted by atomic mass is 32.1. The summed E-state index contributed by atoms with van der Waals surface area (Å²) in [6, 6.07) is 0. The molecule has 1 fully saturated rings. The van der Waals surface area contributed by atoms with E-state index in [1.165, 1.54) is 25.7 Å². The number of anilines is 1. The van der Waals surface area contributed by atoms with Gasteiger partial charge < -0.3 is 11.1 Å². The number of nitrogens with zero attached hydrogens (tertiary/aromatic N) is 2. The van der Waals surface area contributed by atoms with Gasteiger partial charge in [-0.05, 0) is 37.2 Å². The molecule has 0 aliphatic heterocycles. The van der Waals surface area contributed by atoms with Gasteiger partial charge in [0.25, 0.3) is 0 Å². The van der Waals surface area contributed by atoms with E-state index < -0.39 is 0 Å². The average molecular weight is 292 g/mol. The summed E-state index contributed by atoms with van der Waals surface area (Å²) < 4.78 is 0. The normalized spacial score (nSPS) is 14.3. The molecule has 0 atom stereocenters. The number of nitrogens with one attached hydrogen (secondary N) is 1. The predicted octanol–water partition coefficient (Wildman–Crippen LogP) is 2.84. The summed E-state index contributed by atoms with van der Waals surface area (Å²) in [5.41, 5.74) is 8.93. The Balaban J connectivity index is 2.11. The van der Waals surface area contributed by atoms with E-state index in [9.17, 15) is 0 Å². The molecule has 0 spiro atoms. The predicted molar refractivity (Wildman–Crippen MR) is 87.1 cm³/mol. The Morgan fingerprint density at radius 3 is 2.60 bits per heavy atom. The monoisotopic (exact) mass is 292 g/mol. The van der Waals surface area contributed by atoms with E-state index >= 15 is 0 Å². The molecule has 20 heavy (non-hydrogen) atoms. The van der Waals surface area contributed by atoms with Crippen LogP contribution in [-0.4, -0.2) is 21.7 Å². The zero-order valence-corrected chi connectivity index (χ0v) is 13.2. The Kier molecular flexibility index (Phi) is 5.29. The van der Waals surface area contributed by atoms with Gasteiger partial charge in [0.2, 0.25) is 0 Å². The summed E-state index contributed by atoms with van der Waals surface area (Å²) in [4.78, 5) is 0.413. The molecule has 1 aliphatic rings. The van der Waals surface area contributed by atoms with Crippen LogP contribution in [0.3, 0.4) is 0 Å². The third-order valence-electron chi connectivity index (χ3n) is 3.87. The van der Waals surface area contributed by atoms with E-state index in [2.05, 4.69) is 29.4 Å². The molecule has 1 heterocycles. The SMILES string of the molecule is CCc1nnc(NCCCC2CC2)c(C(N)=S)c1CC. The van der Waals surface area contributed by atoms with Gasteiger partial charge in [-0.2, -0.15) is 5.10 Å². The number of aryl methyl sites for hydroxylation is 1. The second kappa shape index (κ2) is 6.97. The van der Waals surface area contributed by atoms with Gasteiger partial charge in [0.15, 0.2) is 5.82 Å². The fourth-order valence-electron chi connectivity index (χ4n) is 2.57. The average Bonchev–Trinajstić information content (AvgIpc) is 3.26. The van der Waals surface area contributed by atoms with Gasteiger partial charge in [-0.3, -0.25) is 0 Å². The smallest absolute Gasteiger partial charge is 0.159 e. The molecule has 3 N–H and O–H groups in total. The van der Waals surface area contributed by atoms with Crippen molar-refractivity contribution < 1.29 is 0 Å². The van der Waals surface area contributed by atoms with Gasteiger partial charge in [-0.25, -0.2) is 0 Å². The Hall–Kier alpha value is -1.23. The molecule has 1 saturated carbocycles. The minimum absolute atomic E-state index is 0.413. The highest BCUT2D eigenvalue weighted by molar-refractivity contribution is 7.80. The van der Waals surface area contributed by atoms with Crippen molar-refractivity contribution in [1.29, 1.82) is 0 Å². The quantitative estimate of drug-likeness (QED) is 0.570. The van der Waals surface area contributed by atoms with Crippen LogP contribution in [0.25, 0.3) is 0 Å². The fourth-order valence-corrected chi connectivity index (χ4v) is 2.79. The van der Waals surface area contributed by atoms with E-state index in [1.807, 2.05) is 0 Å². The number of rotatable bonds is 8. The Morgan fingerprint density at radius 1 is 1.30 bits per heavy atom. The summed E-state index contributed by atoms with van der Waals surface area (Å²) in [6.45, 7) is 5.10. The van der Waals surface area contributed by atoms with Gasteiger partial charge in [0.1, 0.15) is 4.99 Å². The van der Waals surface area contributed by atoms with Crippen LogP contribution < -0.4 is 11.1 Å². The molecule has 1 aliphatic carbocycles. The topological polar surface area (TPSA) is 63.8 Å². The lowest BCUT2D eigenvalue weighted by atomic mass is 10.0. The lowest BCUT2D eigenvalue weighted by Crippen LogP contribution is -2.20. The lowest BCUT2D eigenvalue weighted by Gasteiger charge is -2.15. The van der Waals surface area contributed by atoms with Crippen molar-refractivity contribution in [3.8, 4) is 0 Å². The highest BCUT2D eigenvalue weighted by Crippen LogP contribution is 2.33. The molecule has 5 heteroatoms. The molecule has 1 aromatic rings. The van der Waals surface area contributed by atoms with Crippen LogP contribution in [0.2, 0.25) is 0 Å². The molecule has 0 radical (unpaired) electrons. The number of nitrogens with two attached hydrogens (primary N) is 1. The van der Waals surface area contributed by atoms with Crippen LogP contribution >= 0.6 is 12.2 Å². The summed E-state index contributed by atoms with van der Waals surface area (Å²) in [5, 5.41) is 12.0. The first-order valence-electron chi connectivity index (χ1n) is 7.59. The maximum Gasteiger partial charge on any atom is 0.159 e. The molecule has 2 rings (SSSR count). The highest BCUT2D eigenvalue weighted by Gasteiger charge is 2.20. The summed E-state index contributed by atoms with van der Waals surface area (Å²) in [7, 11) is 0. The van der Waals surface area contributed by atoms with Crippen molar-refractivity contribution in [3.63, 3.8) is 0 Å². The molecule has 4 nitrogen and oxygen atoms in total. The first-order chi connectivity index (χ1) is 9.67. The van der Waals surface area contributed by atoms with Crippen molar-refractivity contribution >= 4 is 23.0 Å². The largest absolute Gasteiger partial charge is 0.389 e. The molecule has 1 aromatic heterocycles. The summed E-state index contributed by atoms with van der Waals surface area (Å²) >= 11 is 5.21. The van der Waals surface area contributed by atoms with Gasteiger partial charge >= 0.3 is 0 Å².